The summed E-state index contributed by atoms with van der Waals surface area (Å²) in [5, 5.41) is 23.6. The first-order valence-electron chi connectivity index (χ1n) is 15.3. The molecular formula is C31H41NO14S. The van der Waals surface area contributed by atoms with Gasteiger partial charge in [-0.3, -0.25) is 9.59 Å². The molecule has 2 saturated heterocycles. The maximum atomic E-state index is 13.8. The van der Waals surface area contributed by atoms with E-state index in [2.05, 4.69) is 4.72 Å². The number of rotatable bonds is 8. The largest absolute Gasteiger partial charge is 0.467 e. The number of ketones is 1. The van der Waals surface area contributed by atoms with Gasteiger partial charge >= 0.3 is 23.9 Å². The van der Waals surface area contributed by atoms with Crippen molar-refractivity contribution in [1.82, 2.24) is 4.72 Å². The topological polar surface area (TPSA) is 218 Å². The van der Waals surface area contributed by atoms with Gasteiger partial charge in [0.1, 0.15) is 12.2 Å². The summed E-state index contributed by atoms with van der Waals surface area (Å²) in [7, 11) is -2.54. The first kappa shape index (κ1) is 35.1. The number of ether oxygens (including phenoxy) is 5. The lowest BCUT2D eigenvalue weighted by molar-refractivity contribution is -0.290. The van der Waals surface area contributed by atoms with Gasteiger partial charge in [-0.25, -0.2) is 27.5 Å². The van der Waals surface area contributed by atoms with Crippen LogP contribution in [0.25, 0.3) is 0 Å². The number of allylic oxidation sites excluding steroid dienone is 3. The van der Waals surface area contributed by atoms with Gasteiger partial charge in [0, 0.05) is 29.9 Å². The number of carbonyl (C=O) groups is 5. The van der Waals surface area contributed by atoms with Crippen molar-refractivity contribution in [2.45, 2.75) is 89.9 Å². The van der Waals surface area contributed by atoms with Crippen LogP contribution >= 0.6 is 0 Å². The fourth-order valence-corrected chi connectivity index (χ4v) is 10.0. The molecule has 16 heteroatoms. The zero-order valence-corrected chi connectivity index (χ0v) is 28.0. The summed E-state index contributed by atoms with van der Waals surface area (Å²) < 4.78 is 53.6. The molecule has 2 heterocycles. The van der Waals surface area contributed by atoms with Crippen molar-refractivity contribution in [3.05, 3.63) is 23.0 Å². The number of nitrogens with one attached hydrogen (secondary N) is 1. The van der Waals surface area contributed by atoms with Gasteiger partial charge in [0.25, 0.3) is 0 Å². The summed E-state index contributed by atoms with van der Waals surface area (Å²) in [5.41, 5.74) is -3.97. The standard InChI is InChI=1S/C31H41NO14S/c1-13(2)8-19(34)46-23-25-30-12-43-31(25,28(39)42-6)26(37)21(36)24(30)29(5)11-17(33)22(15(4)16(29)10-18(30)44-27(23)38)45-20(35)9-14(3)32-47(7,40)41/h8,14,16,18,21,23-26,32,36-37H,9-12H2,1-7H3/t14-,16-,18+,21+,23+,24+,25+,26-,29-,30+,31-/m0/s1. The Kier molecular flexibility index (Phi) is 8.79. The minimum Gasteiger partial charge on any atom is -0.467 e. The predicted octanol–water partition coefficient (Wildman–Crippen LogP) is -0.170. The van der Waals surface area contributed by atoms with E-state index in [1.165, 1.54) is 6.92 Å². The van der Waals surface area contributed by atoms with Crippen LogP contribution in [0.2, 0.25) is 0 Å². The van der Waals surface area contributed by atoms with Gasteiger partial charge in [-0.05, 0) is 51.0 Å². The van der Waals surface area contributed by atoms with Crippen molar-refractivity contribution < 1.29 is 66.3 Å². The number of esters is 4. The van der Waals surface area contributed by atoms with E-state index in [0.717, 1.165) is 19.4 Å². The van der Waals surface area contributed by atoms with Gasteiger partial charge in [0.2, 0.25) is 21.7 Å². The van der Waals surface area contributed by atoms with Crippen LogP contribution in [0.15, 0.2) is 23.0 Å². The van der Waals surface area contributed by atoms with Gasteiger partial charge in [0.05, 0.1) is 38.4 Å². The van der Waals surface area contributed by atoms with Gasteiger partial charge in [0.15, 0.2) is 11.5 Å². The molecule has 260 valence electrons. The number of sulfonamides is 1. The summed E-state index contributed by atoms with van der Waals surface area (Å²) in [6.45, 7) is 7.78. The van der Waals surface area contributed by atoms with Crippen molar-refractivity contribution >= 4 is 39.7 Å². The molecule has 0 aromatic rings. The van der Waals surface area contributed by atoms with Crippen molar-refractivity contribution in [2.24, 2.45) is 28.6 Å². The quantitative estimate of drug-likeness (QED) is 0.172. The zero-order chi connectivity index (χ0) is 35.0. The average Bonchev–Trinajstić information content (AvgIpc) is 3.24. The maximum absolute atomic E-state index is 13.8. The fraction of sp³-hybridized carbons (Fsp3) is 0.710. The van der Waals surface area contributed by atoms with Gasteiger partial charge in [-0.15, -0.1) is 0 Å². The third-order valence-corrected chi connectivity index (χ3v) is 11.4. The van der Waals surface area contributed by atoms with Crippen molar-refractivity contribution in [1.29, 1.82) is 0 Å². The van der Waals surface area contributed by atoms with Crippen molar-refractivity contribution in [3.63, 3.8) is 0 Å². The SMILES string of the molecule is COC(=O)[C@@]12OC[C@]34[C@H]([C@@H](O)[C@@H]1O)[C@@]1(C)CC(=O)C(OC(=O)C[C@H](C)NS(C)(=O)=O)=C(C)[C@@H]1C[C@H]3OC(=O)[C@H](OC(=O)C=C(C)C)[C@@H]24. The molecule has 0 radical (unpaired) electrons. The van der Waals surface area contributed by atoms with E-state index in [1.54, 1.807) is 27.7 Å². The molecule has 3 aliphatic carbocycles. The van der Waals surface area contributed by atoms with Gasteiger partial charge in [-0.1, -0.05) is 12.5 Å². The van der Waals surface area contributed by atoms with Crippen LogP contribution in [0.1, 0.15) is 53.9 Å². The monoisotopic (exact) mass is 683 g/mol. The summed E-state index contributed by atoms with van der Waals surface area (Å²) >= 11 is 0. The molecule has 4 fully saturated rings. The van der Waals surface area contributed by atoms with Gasteiger partial charge in [-0.2, -0.15) is 0 Å². The number of fused-ring (bicyclic) bond motifs is 2. The van der Waals surface area contributed by atoms with E-state index in [9.17, 15) is 42.6 Å². The highest BCUT2D eigenvalue weighted by Crippen LogP contribution is 2.72. The number of Topliss-reactive ketones (excluding diaryl/α,β-unsaturated/α-hetero) is 1. The smallest absolute Gasteiger partial charge is 0.348 e. The van der Waals surface area contributed by atoms with Crippen LogP contribution in [0.5, 0.6) is 0 Å². The van der Waals surface area contributed by atoms with Crippen LogP contribution in [-0.4, -0.2) is 104 Å². The Morgan fingerprint density at radius 1 is 1.17 bits per heavy atom. The second-order valence-electron chi connectivity index (χ2n) is 14.0. The molecule has 1 spiro atoms. The Labute approximate surface area is 272 Å². The molecule has 0 amide bonds. The van der Waals surface area contributed by atoms with E-state index in [4.69, 9.17) is 23.7 Å². The lowest BCUT2D eigenvalue weighted by Crippen LogP contribution is -2.79. The summed E-state index contributed by atoms with van der Waals surface area (Å²) in [6.07, 6.45) is -4.91. The zero-order valence-electron chi connectivity index (χ0n) is 27.2. The number of methoxy groups -OCH3 is 1. The molecule has 5 aliphatic rings. The Bertz CT molecular complexity index is 1580. The van der Waals surface area contributed by atoms with E-state index in [0.29, 0.717) is 11.1 Å². The molecule has 11 atom stereocenters. The van der Waals surface area contributed by atoms with Crippen LogP contribution in [0.3, 0.4) is 0 Å². The Morgan fingerprint density at radius 3 is 2.43 bits per heavy atom. The predicted molar refractivity (Wildman–Crippen MR) is 158 cm³/mol. The van der Waals surface area contributed by atoms with Gasteiger partial charge < -0.3 is 33.9 Å². The highest BCUT2D eigenvalue weighted by atomic mass is 32.2. The normalized spacial score (nSPS) is 39.6. The average molecular weight is 684 g/mol. The minimum absolute atomic E-state index is 0.0551. The fourth-order valence-electron chi connectivity index (χ4n) is 9.19. The number of hydrogen-bond donors (Lipinski definition) is 3. The van der Waals surface area contributed by atoms with E-state index in [1.807, 2.05) is 0 Å². The molecule has 0 aromatic carbocycles. The molecular weight excluding hydrogens is 642 g/mol. The molecule has 15 nitrogen and oxygen atoms in total. The van der Waals surface area contributed by atoms with E-state index >= 15 is 0 Å². The van der Waals surface area contributed by atoms with E-state index in [-0.39, 0.29) is 31.6 Å². The van der Waals surface area contributed by atoms with Crippen molar-refractivity contribution in [2.75, 3.05) is 20.0 Å². The lowest BCUT2D eigenvalue weighted by atomic mass is 9.38. The second kappa shape index (κ2) is 11.8. The first-order valence-corrected chi connectivity index (χ1v) is 17.2. The molecule has 0 unspecified atom stereocenters. The molecule has 2 aliphatic heterocycles. The third kappa shape index (κ3) is 5.32. The second-order valence-corrected chi connectivity index (χ2v) is 15.7. The summed E-state index contributed by atoms with van der Waals surface area (Å²) in [4.78, 5) is 66.5. The molecule has 47 heavy (non-hydrogen) atoms. The van der Waals surface area contributed by atoms with Crippen LogP contribution in [0, 0.1) is 28.6 Å². The first-order chi connectivity index (χ1) is 21.7. The number of aliphatic hydroxyl groups excluding tert-OH is 2. The molecule has 3 N–H and O–H groups in total. The van der Waals surface area contributed by atoms with Crippen LogP contribution < -0.4 is 4.72 Å². The van der Waals surface area contributed by atoms with Crippen molar-refractivity contribution in [3.8, 4) is 0 Å². The highest BCUT2D eigenvalue weighted by molar-refractivity contribution is 7.88. The Morgan fingerprint density at radius 2 is 1.83 bits per heavy atom. The number of hydrogen-bond acceptors (Lipinski definition) is 14. The minimum atomic E-state index is -3.61. The Balaban J connectivity index is 1.59. The highest BCUT2D eigenvalue weighted by Gasteiger charge is 2.85. The third-order valence-electron chi connectivity index (χ3n) is 10.6. The molecule has 2 saturated carbocycles. The Hall–Kier alpha value is -3.18. The summed E-state index contributed by atoms with van der Waals surface area (Å²) in [6, 6.07) is -0.814. The lowest BCUT2D eigenvalue weighted by Gasteiger charge is -2.67. The molecule has 0 aromatic heterocycles. The van der Waals surface area contributed by atoms with Crippen LogP contribution in [-0.2, 0) is 57.7 Å². The maximum Gasteiger partial charge on any atom is 0.348 e. The van der Waals surface area contributed by atoms with E-state index < -0.39 is 104 Å². The molecule has 2 bridgehead atoms. The number of aliphatic hydroxyl groups is 2. The van der Waals surface area contributed by atoms with Crippen LogP contribution in [0.4, 0.5) is 0 Å². The molecule has 5 rings (SSSR count). The summed E-state index contributed by atoms with van der Waals surface area (Å²) in [5.74, 6) is -7.64. The number of carbonyl (C=O) groups excluding carboxylic acids is 5.